The van der Waals surface area contributed by atoms with E-state index >= 15 is 0 Å². The molecule has 0 radical (unpaired) electrons. The predicted octanol–water partition coefficient (Wildman–Crippen LogP) is 3.72. The lowest BCUT2D eigenvalue weighted by molar-refractivity contribution is -0.122. The summed E-state index contributed by atoms with van der Waals surface area (Å²) in [5, 5.41) is 5.60. The summed E-state index contributed by atoms with van der Waals surface area (Å²) < 4.78 is 5.43. The molecule has 33 heavy (non-hydrogen) atoms. The molecule has 4 rings (SSSR count). The maximum atomic E-state index is 12.7. The van der Waals surface area contributed by atoms with E-state index in [4.69, 9.17) is 4.74 Å². The van der Waals surface area contributed by atoms with Crippen molar-refractivity contribution in [2.45, 2.75) is 13.3 Å². The Hall–Kier alpha value is -4.20. The van der Waals surface area contributed by atoms with Crippen LogP contribution in [-0.4, -0.2) is 35.9 Å². The summed E-state index contributed by atoms with van der Waals surface area (Å²) in [5.74, 6) is -0.322. The molecule has 1 aliphatic heterocycles. The van der Waals surface area contributed by atoms with Crippen LogP contribution >= 0.6 is 0 Å². The number of carbonyl (C=O) groups excluding carboxylic acids is 3. The quantitative estimate of drug-likeness (QED) is 0.578. The molecule has 1 fully saturated rings. The van der Waals surface area contributed by atoms with E-state index in [0.29, 0.717) is 30.1 Å². The van der Waals surface area contributed by atoms with Crippen LogP contribution in [0.3, 0.4) is 0 Å². The Kier molecular flexibility index (Phi) is 6.64. The summed E-state index contributed by atoms with van der Waals surface area (Å²) in [4.78, 5) is 43.2. The third-order valence-electron chi connectivity index (χ3n) is 5.29. The number of hydrogen-bond donors (Lipinski definition) is 2. The van der Waals surface area contributed by atoms with Crippen LogP contribution < -0.4 is 20.3 Å². The van der Waals surface area contributed by atoms with Gasteiger partial charge in [0.05, 0.1) is 24.4 Å². The van der Waals surface area contributed by atoms with Gasteiger partial charge in [-0.2, -0.15) is 0 Å². The summed E-state index contributed by atoms with van der Waals surface area (Å²) in [7, 11) is 0. The number of pyridine rings is 1. The minimum atomic E-state index is -0.461. The van der Waals surface area contributed by atoms with Crippen molar-refractivity contribution in [1.82, 2.24) is 4.98 Å². The number of rotatable bonds is 7. The summed E-state index contributed by atoms with van der Waals surface area (Å²) in [5.41, 5.74) is 2.35. The van der Waals surface area contributed by atoms with Gasteiger partial charge in [0.15, 0.2) is 0 Å². The fourth-order valence-corrected chi connectivity index (χ4v) is 3.61. The maximum absolute atomic E-state index is 12.7. The molecule has 1 atom stereocenters. The van der Waals surface area contributed by atoms with Crippen LogP contribution in [0.1, 0.15) is 23.7 Å². The van der Waals surface area contributed by atoms with Crippen LogP contribution in [0.25, 0.3) is 0 Å². The molecule has 0 unspecified atom stereocenters. The fraction of sp³-hybridized carbons (Fsp3) is 0.200. The van der Waals surface area contributed by atoms with Gasteiger partial charge in [0.2, 0.25) is 11.8 Å². The molecule has 0 aliphatic carbocycles. The zero-order valence-corrected chi connectivity index (χ0v) is 18.2. The molecule has 1 aromatic heterocycles. The second-order valence-corrected chi connectivity index (χ2v) is 7.59. The van der Waals surface area contributed by atoms with Gasteiger partial charge in [0, 0.05) is 36.1 Å². The smallest absolute Gasteiger partial charge is 0.255 e. The number of ether oxygens (including phenoxy) is 1. The molecule has 0 saturated carbocycles. The van der Waals surface area contributed by atoms with Gasteiger partial charge in [-0.25, -0.2) is 0 Å². The van der Waals surface area contributed by atoms with Crippen LogP contribution in [0, 0.1) is 5.92 Å². The van der Waals surface area contributed by atoms with Gasteiger partial charge in [-0.15, -0.1) is 0 Å². The molecule has 8 nitrogen and oxygen atoms in total. The molecule has 0 bridgehead atoms. The lowest BCUT2D eigenvalue weighted by atomic mass is 10.1. The van der Waals surface area contributed by atoms with Crippen molar-refractivity contribution in [2.24, 2.45) is 5.92 Å². The highest BCUT2D eigenvalue weighted by molar-refractivity contribution is 6.05. The summed E-state index contributed by atoms with van der Waals surface area (Å²) in [6.07, 6.45) is 3.33. The highest BCUT2D eigenvalue weighted by Gasteiger charge is 2.35. The Balaban J connectivity index is 1.34. The van der Waals surface area contributed by atoms with Crippen molar-refractivity contribution in [2.75, 3.05) is 28.7 Å². The Bertz CT molecular complexity index is 1130. The molecule has 3 aromatic rings. The van der Waals surface area contributed by atoms with Crippen LogP contribution in [0.5, 0.6) is 5.75 Å². The Morgan fingerprint density at radius 1 is 1.03 bits per heavy atom. The van der Waals surface area contributed by atoms with Crippen LogP contribution in [-0.2, 0) is 9.59 Å². The van der Waals surface area contributed by atoms with Crippen LogP contribution in [0.2, 0.25) is 0 Å². The molecular formula is C25H24N4O4. The SMILES string of the molecule is CCOc1ccc(N2C[C@@H](C(=O)Nc3ccc(C(=O)Nc4cccnc4)cc3)CC2=O)cc1. The lowest BCUT2D eigenvalue weighted by Crippen LogP contribution is -2.28. The standard InChI is InChI=1S/C25H24N4O4/c1-2-33-22-11-9-21(10-12-22)29-16-18(14-23(29)30)25(32)27-19-7-5-17(6-8-19)24(31)28-20-4-3-13-26-15-20/h3-13,15,18H,2,14,16H2,1H3,(H,27,32)(H,28,31)/t18-/m0/s1. The molecule has 3 amide bonds. The Labute approximate surface area is 191 Å². The van der Waals surface area contributed by atoms with E-state index in [1.165, 1.54) is 0 Å². The highest BCUT2D eigenvalue weighted by Crippen LogP contribution is 2.27. The molecule has 2 N–H and O–H groups in total. The molecule has 2 aromatic carbocycles. The average molecular weight is 444 g/mol. The van der Waals surface area contributed by atoms with Gasteiger partial charge in [-0.05, 0) is 67.6 Å². The van der Waals surface area contributed by atoms with Crippen molar-refractivity contribution >= 4 is 34.8 Å². The second-order valence-electron chi connectivity index (χ2n) is 7.59. The molecule has 168 valence electrons. The topological polar surface area (TPSA) is 101 Å². The number of aromatic nitrogens is 1. The second kappa shape index (κ2) is 9.95. The van der Waals surface area contributed by atoms with Crippen LogP contribution in [0.15, 0.2) is 73.1 Å². The van der Waals surface area contributed by atoms with E-state index in [1.54, 1.807) is 53.7 Å². The van der Waals surface area contributed by atoms with E-state index in [9.17, 15) is 14.4 Å². The third-order valence-corrected chi connectivity index (χ3v) is 5.29. The van der Waals surface area contributed by atoms with E-state index in [0.717, 1.165) is 11.4 Å². The third kappa shape index (κ3) is 5.35. The minimum absolute atomic E-state index is 0.0956. The largest absolute Gasteiger partial charge is 0.494 e. The predicted molar refractivity (Wildman–Crippen MR) is 125 cm³/mol. The first-order valence-electron chi connectivity index (χ1n) is 10.7. The van der Waals surface area contributed by atoms with Crippen molar-refractivity contribution in [1.29, 1.82) is 0 Å². The molecule has 0 spiro atoms. The highest BCUT2D eigenvalue weighted by atomic mass is 16.5. The van der Waals surface area contributed by atoms with Crippen molar-refractivity contribution in [3.8, 4) is 5.75 Å². The number of amides is 3. The fourth-order valence-electron chi connectivity index (χ4n) is 3.61. The Morgan fingerprint density at radius 2 is 1.79 bits per heavy atom. The van der Waals surface area contributed by atoms with Gasteiger partial charge >= 0.3 is 0 Å². The number of carbonyl (C=O) groups is 3. The number of nitrogens with zero attached hydrogens (tertiary/aromatic N) is 2. The van der Waals surface area contributed by atoms with Gasteiger partial charge < -0.3 is 20.3 Å². The zero-order chi connectivity index (χ0) is 23.2. The average Bonchev–Trinajstić information content (AvgIpc) is 3.23. The molecular weight excluding hydrogens is 420 g/mol. The molecule has 8 heteroatoms. The summed E-state index contributed by atoms with van der Waals surface area (Å²) in [6.45, 7) is 2.79. The first kappa shape index (κ1) is 22.0. The molecule has 1 aliphatic rings. The van der Waals surface area contributed by atoms with E-state index in [1.807, 2.05) is 31.2 Å². The van der Waals surface area contributed by atoms with E-state index < -0.39 is 5.92 Å². The number of benzene rings is 2. The lowest BCUT2D eigenvalue weighted by Gasteiger charge is -2.17. The molecule has 1 saturated heterocycles. The van der Waals surface area contributed by atoms with Crippen molar-refractivity contribution in [3.05, 3.63) is 78.6 Å². The first-order chi connectivity index (χ1) is 16.0. The van der Waals surface area contributed by atoms with Gasteiger partial charge in [-0.1, -0.05) is 0 Å². The normalized spacial score (nSPS) is 15.2. The number of anilines is 3. The van der Waals surface area contributed by atoms with Crippen LogP contribution in [0.4, 0.5) is 17.1 Å². The summed E-state index contributed by atoms with van der Waals surface area (Å²) in [6, 6.07) is 17.3. The van der Waals surface area contributed by atoms with Gasteiger partial charge in [-0.3, -0.25) is 19.4 Å². The maximum Gasteiger partial charge on any atom is 0.255 e. The van der Waals surface area contributed by atoms with Gasteiger partial charge in [0.25, 0.3) is 5.91 Å². The van der Waals surface area contributed by atoms with Gasteiger partial charge in [0.1, 0.15) is 5.75 Å². The first-order valence-corrected chi connectivity index (χ1v) is 10.7. The zero-order valence-electron chi connectivity index (χ0n) is 18.2. The van der Waals surface area contributed by atoms with Crippen molar-refractivity contribution < 1.29 is 19.1 Å². The van der Waals surface area contributed by atoms with E-state index in [2.05, 4.69) is 15.6 Å². The summed E-state index contributed by atoms with van der Waals surface area (Å²) >= 11 is 0. The van der Waals surface area contributed by atoms with E-state index in [-0.39, 0.29) is 24.1 Å². The Morgan fingerprint density at radius 3 is 2.45 bits per heavy atom. The number of nitrogens with one attached hydrogen (secondary N) is 2. The molecule has 2 heterocycles. The number of hydrogen-bond acceptors (Lipinski definition) is 5. The van der Waals surface area contributed by atoms with Crippen molar-refractivity contribution in [3.63, 3.8) is 0 Å². The monoisotopic (exact) mass is 444 g/mol. The minimum Gasteiger partial charge on any atom is -0.494 e.